The van der Waals surface area contributed by atoms with E-state index in [1.807, 2.05) is 0 Å². The van der Waals surface area contributed by atoms with Crippen LogP contribution in [0.5, 0.6) is 0 Å². The minimum absolute atomic E-state index is 0. The first kappa shape index (κ1) is 28.1. The fourth-order valence-corrected chi connectivity index (χ4v) is 2.81. The van der Waals surface area contributed by atoms with E-state index in [-0.39, 0.29) is 57.4 Å². The Morgan fingerprint density at radius 1 is 0.565 bits per heavy atom. The third kappa shape index (κ3) is 6.24. The first-order valence-corrected chi connectivity index (χ1v) is 7.50. The zero-order chi connectivity index (χ0) is 15.9. The van der Waals surface area contributed by atoms with Crippen LogP contribution >= 0.6 is 0 Å². The Balaban J connectivity index is -0.000000308. The summed E-state index contributed by atoms with van der Waals surface area (Å²) >= 11 is 0. The van der Waals surface area contributed by atoms with Crippen LogP contribution in [-0.4, -0.2) is 0 Å². The minimum atomic E-state index is 0. The summed E-state index contributed by atoms with van der Waals surface area (Å²) in [6, 6.07) is 0. The summed E-state index contributed by atoms with van der Waals surface area (Å²) in [5.74, 6) is 0. The molecule has 0 bridgehead atoms. The van der Waals surface area contributed by atoms with Gasteiger partial charge in [-0.3, -0.25) is 12.2 Å². The summed E-state index contributed by atoms with van der Waals surface area (Å²) < 4.78 is 0. The summed E-state index contributed by atoms with van der Waals surface area (Å²) in [5, 5.41) is 0. The molecule has 3 heteroatoms. The molecule has 0 aromatic carbocycles. The van der Waals surface area contributed by atoms with E-state index in [0.717, 1.165) is 0 Å². The van der Waals surface area contributed by atoms with Gasteiger partial charge in [0.05, 0.1) is 0 Å². The molecule has 128 valence electrons. The van der Waals surface area contributed by atoms with Gasteiger partial charge >= 0.3 is 21.7 Å². The Hall–Kier alpha value is 0.254. The third-order valence-corrected chi connectivity index (χ3v) is 5.12. The Morgan fingerprint density at radius 2 is 0.783 bits per heavy atom. The van der Waals surface area contributed by atoms with E-state index in [4.69, 9.17) is 0 Å². The van der Waals surface area contributed by atoms with Crippen molar-refractivity contribution in [1.82, 2.24) is 0 Å². The van der Waals surface area contributed by atoms with Crippen LogP contribution in [-0.2, 0) is 21.7 Å². The van der Waals surface area contributed by atoms with Crippen LogP contribution < -0.4 is 24.8 Å². The van der Waals surface area contributed by atoms with Crippen molar-refractivity contribution in [2.24, 2.45) is 10.8 Å². The molecular weight excluding hydrogens is 359 g/mol. The molecule has 0 spiro atoms. The molecule has 2 rings (SSSR count). The van der Waals surface area contributed by atoms with Crippen LogP contribution in [0.2, 0.25) is 0 Å². The maximum Gasteiger partial charge on any atom is 4.00 e. The van der Waals surface area contributed by atoms with Crippen molar-refractivity contribution in [2.75, 3.05) is 0 Å². The molecule has 0 radical (unpaired) electrons. The molecule has 0 aromatic rings. The molecule has 2 aliphatic rings. The Kier molecular flexibility index (Phi) is 11.8. The van der Waals surface area contributed by atoms with E-state index < -0.39 is 0 Å². The number of rotatable bonds is 0. The molecule has 23 heavy (non-hydrogen) atoms. The van der Waals surface area contributed by atoms with Crippen molar-refractivity contribution in [3.05, 3.63) is 45.6 Å². The molecule has 2 aliphatic carbocycles. The number of allylic oxidation sites excluding steroid dienone is 8. The standard InChI is InChI=1S/2C10H15.2ClH.Ti/c2*1-7-6-10(4,5)9(3)8(7)2;;;/h2*1-5H3;2*1H;/q2*-1;;;+4/p-2. The zero-order valence-electron chi connectivity index (χ0n) is 16.3. The number of hydrogen-bond donors (Lipinski definition) is 0. The van der Waals surface area contributed by atoms with Gasteiger partial charge in [0.2, 0.25) is 0 Å². The Labute approximate surface area is 171 Å². The van der Waals surface area contributed by atoms with E-state index in [0.29, 0.717) is 0 Å². The van der Waals surface area contributed by atoms with Gasteiger partial charge in [-0.1, -0.05) is 66.2 Å². The monoisotopic (exact) mass is 388 g/mol. The fraction of sp³-hybridized carbons (Fsp3) is 0.600. The first-order valence-electron chi connectivity index (χ1n) is 7.50. The van der Waals surface area contributed by atoms with Crippen LogP contribution in [0.25, 0.3) is 0 Å². The van der Waals surface area contributed by atoms with Crippen molar-refractivity contribution >= 4 is 0 Å². The second-order valence-corrected chi connectivity index (χ2v) is 7.25. The second kappa shape index (κ2) is 9.66. The van der Waals surface area contributed by atoms with Gasteiger partial charge in [-0.25, -0.2) is 11.1 Å². The summed E-state index contributed by atoms with van der Waals surface area (Å²) in [4.78, 5) is 0. The Morgan fingerprint density at radius 3 is 0.826 bits per heavy atom. The predicted octanol–water partition coefficient (Wildman–Crippen LogP) is 0.230. The van der Waals surface area contributed by atoms with Crippen molar-refractivity contribution in [1.29, 1.82) is 0 Å². The molecule has 0 fully saturated rings. The maximum absolute atomic E-state index is 3.44. The summed E-state index contributed by atoms with van der Waals surface area (Å²) in [6.07, 6.45) is 6.87. The average molecular weight is 389 g/mol. The quantitative estimate of drug-likeness (QED) is 0.411. The SMILES string of the molecule is CC1=[C-]C(C)(C)C(C)=C1C.CC1=[C-]C(C)(C)C(C)=C1C.[Cl-].[Cl-].[Ti+4]. The fourth-order valence-electron chi connectivity index (χ4n) is 2.81. The van der Waals surface area contributed by atoms with Gasteiger partial charge < -0.3 is 24.8 Å². The van der Waals surface area contributed by atoms with Gasteiger partial charge in [-0.2, -0.15) is 22.3 Å². The topological polar surface area (TPSA) is 0 Å². The molecule has 0 saturated carbocycles. The number of halogens is 2. The molecule has 0 unspecified atom stereocenters. The van der Waals surface area contributed by atoms with E-state index in [1.54, 1.807) is 0 Å². The Bertz CT molecular complexity index is 494. The van der Waals surface area contributed by atoms with E-state index in [2.05, 4.69) is 81.4 Å². The first-order chi connectivity index (χ1) is 8.90. The van der Waals surface area contributed by atoms with E-state index >= 15 is 0 Å². The van der Waals surface area contributed by atoms with Crippen LogP contribution in [0.15, 0.2) is 33.4 Å². The summed E-state index contributed by atoms with van der Waals surface area (Å²) in [6.45, 7) is 21.8. The van der Waals surface area contributed by atoms with E-state index in [9.17, 15) is 0 Å². The molecule has 0 N–H and O–H groups in total. The maximum atomic E-state index is 3.44. The molecule has 0 saturated heterocycles. The normalized spacial score (nSPS) is 20.4. The van der Waals surface area contributed by atoms with Gasteiger partial charge in [0.15, 0.2) is 0 Å². The van der Waals surface area contributed by atoms with Crippen molar-refractivity contribution in [2.45, 2.75) is 69.2 Å². The van der Waals surface area contributed by atoms with Gasteiger partial charge in [0.25, 0.3) is 0 Å². The van der Waals surface area contributed by atoms with Gasteiger partial charge in [-0.15, -0.1) is 13.8 Å². The molecule has 0 amide bonds. The predicted molar refractivity (Wildman–Crippen MR) is 89.2 cm³/mol. The number of hydrogen-bond acceptors (Lipinski definition) is 0. The van der Waals surface area contributed by atoms with Gasteiger partial charge in [0.1, 0.15) is 0 Å². The summed E-state index contributed by atoms with van der Waals surface area (Å²) in [5.41, 5.74) is 8.79. The van der Waals surface area contributed by atoms with Crippen LogP contribution in [0.3, 0.4) is 0 Å². The largest absolute Gasteiger partial charge is 4.00 e. The second-order valence-electron chi connectivity index (χ2n) is 7.25. The smallest absolute Gasteiger partial charge is 1.00 e. The molecule has 0 aliphatic heterocycles. The van der Waals surface area contributed by atoms with Gasteiger partial charge in [0, 0.05) is 0 Å². The van der Waals surface area contributed by atoms with Crippen molar-refractivity contribution < 1.29 is 46.5 Å². The van der Waals surface area contributed by atoms with Gasteiger partial charge in [-0.05, 0) is 0 Å². The minimum Gasteiger partial charge on any atom is -1.00 e. The van der Waals surface area contributed by atoms with E-state index in [1.165, 1.54) is 33.4 Å². The zero-order valence-corrected chi connectivity index (χ0v) is 19.3. The molecular formula is C20H30Cl2Ti. The van der Waals surface area contributed by atoms with Crippen LogP contribution in [0.4, 0.5) is 0 Å². The average Bonchev–Trinajstić information content (AvgIpc) is 2.60. The summed E-state index contributed by atoms with van der Waals surface area (Å²) in [7, 11) is 0. The van der Waals surface area contributed by atoms with Crippen LogP contribution in [0.1, 0.15) is 69.2 Å². The third-order valence-electron chi connectivity index (χ3n) is 5.12. The molecule has 0 atom stereocenters. The molecule has 0 heterocycles. The molecule has 0 nitrogen and oxygen atoms in total. The van der Waals surface area contributed by atoms with Crippen LogP contribution in [0, 0.1) is 23.0 Å². The van der Waals surface area contributed by atoms with Crippen molar-refractivity contribution in [3.8, 4) is 0 Å². The van der Waals surface area contributed by atoms with Crippen molar-refractivity contribution in [3.63, 3.8) is 0 Å². The molecule has 0 aromatic heterocycles.